The molecular formula is C20H25ClN2O2. The van der Waals surface area contributed by atoms with Crippen LogP contribution < -0.4 is 9.47 Å². The van der Waals surface area contributed by atoms with Crippen molar-refractivity contribution >= 4 is 23.5 Å². The van der Waals surface area contributed by atoms with Gasteiger partial charge in [0, 0.05) is 17.8 Å². The Labute approximate surface area is 155 Å². The molecule has 0 radical (unpaired) electrons. The summed E-state index contributed by atoms with van der Waals surface area (Å²) in [5, 5.41) is 0.737. The fourth-order valence-corrected chi connectivity index (χ4v) is 2.36. The summed E-state index contributed by atoms with van der Waals surface area (Å²) in [4.78, 5) is 6.65. The second kappa shape index (κ2) is 9.44. The summed E-state index contributed by atoms with van der Waals surface area (Å²) in [6.07, 6.45) is 1.79. The maximum Gasteiger partial charge on any atom is 0.131 e. The van der Waals surface area contributed by atoms with Gasteiger partial charge in [0.1, 0.15) is 18.1 Å². The number of rotatable bonds is 8. The highest BCUT2D eigenvalue weighted by atomic mass is 35.5. The number of hydrogen-bond donors (Lipinski definition) is 0. The van der Waals surface area contributed by atoms with E-state index in [1.807, 2.05) is 64.3 Å². The van der Waals surface area contributed by atoms with E-state index in [1.54, 1.807) is 6.21 Å². The molecule has 0 aliphatic rings. The van der Waals surface area contributed by atoms with Gasteiger partial charge in [0.2, 0.25) is 0 Å². The van der Waals surface area contributed by atoms with Crippen molar-refractivity contribution in [2.45, 2.75) is 13.8 Å². The highest BCUT2D eigenvalue weighted by Gasteiger charge is 2.09. The summed E-state index contributed by atoms with van der Waals surface area (Å²) in [5.74, 6) is 1.53. The molecule has 134 valence electrons. The monoisotopic (exact) mass is 360 g/mol. The number of hydrogen-bond acceptors (Lipinski definition) is 4. The zero-order chi connectivity index (χ0) is 18.2. The number of aliphatic imine (C=N–C) groups is 1. The van der Waals surface area contributed by atoms with E-state index in [-0.39, 0.29) is 0 Å². The first-order valence-corrected chi connectivity index (χ1v) is 8.72. The van der Waals surface area contributed by atoms with Crippen LogP contribution in [0.3, 0.4) is 0 Å². The molecule has 2 aromatic rings. The molecule has 0 aliphatic heterocycles. The van der Waals surface area contributed by atoms with Crippen LogP contribution in [0.5, 0.6) is 11.5 Å². The number of aryl methyl sites for hydroxylation is 1. The van der Waals surface area contributed by atoms with Crippen molar-refractivity contribution in [3.63, 3.8) is 0 Å². The zero-order valence-electron chi connectivity index (χ0n) is 15.3. The van der Waals surface area contributed by atoms with Crippen LogP contribution in [0, 0.1) is 6.92 Å². The third-order valence-corrected chi connectivity index (χ3v) is 4.03. The second-order valence-electron chi connectivity index (χ2n) is 5.94. The molecule has 0 heterocycles. The fraction of sp³-hybridized carbons (Fsp3) is 0.350. The Bertz CT molecular complexity index is 730. The van der Waals surface area contributed by atoms with Crippen molar-refractivity contribution in [1.82, 2.24) is 4.90 Å². The molecule has 0 fully saturated rings. The highest BCUT2D eigenvalue weighted by molar-refractivity contribution is 6.31. The lowest BCUT2D eigenvalue weighted by Gasteiger charge is -2.15. The van der Waals surface area contributed by atoms with Gasteiger partial charge < -0.3 is 14.4 Å². The van der Waals surface area contributed by atoms with E-state index in [2.05, 4.69) is 9.89 Å². The average Bonchev–Trinajstić information content (AvgIpc) is 2.57. The van der Waals surface area contributed by atoms with Crippen LogP contribution in [0.1, 0.15) is 18.1 Å². The third kappa shape index (κ3) is 5.76. The van der Waals surface area contributed by atoms with Gasteiger partial charge in [0.25, 0.3) is 0 Å². The van der Waals surface area contributed by atoms with Gasteiger partial charge in [0.15, 0.2) is 0 Å². The number of ether oxygens (including phenoxy) is 2. The molecule has 0 N–H and O–H groups in total. The quantitative estimate of drug-likeness (QED) is 0.638. The molecule has 0 bridgehead atoms. The summed E-state index contributed by atoms with van der Waals surface area (Å²) < 4.78 is 11.7. The molecule has 2 rings (SSSR count). The number of nitrogens with zero attached hydrogens (tertiary/aromatic N) is 2. The van der Waals surface area contributed by atoms with Crippen LogP contribution in [0.2, 0.25) is 5.02 Å². The van der Waals surface area contributed by atoms with Crippen molar-refractivity contribution in [2.75, 3.05) is 33.9 Å². The van der Waals surface area contributed by atoms with Crippen molar-refractivity contribution in [2.24, 2.45) is 4.99 Å². The summed E-state index contributed by atoms with van der Waals surface area (Å²) in [5.41, 5.74) is 2.68. The average molecular weight is 361 g/mol. The van der Waals surface area contributed by atoms with E-state index in [1.165, 1.54) is 0 Å². The Morgan fingerprint density at radius 3 is 2.48 bits per heavy atom. The Balaban J connectivity index is 2.28. The molecule has 0 spiro atoms. The van der Waals surface area contributed by atoms with Crippen LogP contribution in [0.4, 0.5) is 5.69 Å². The van der Waals surface area contributed by atoms with Crippen molar-refractivity contribution in [1.29, 1.82) is 0 Å². The van der Waals surface area contributed by atoms with Gasteiger partial charge in [-0.1, -0.05) is 17.7 Å². The molecule has 0 saturated heterocycles. The number of halogens is 1. The van der Waals surface area contributed by atoms with Gasteiger partial charge in [-0.15, -0.1) is 0 Å². The van der Waals surface area contributed by atoms with Gasteiger partial charge in [-0.3, -0.25) is 4.99 Å². The fourth-order valence-electron chi connectivity index (χ4n) is 2.24. The van der Waals surface area contributed by atoms with E-state index in [0.717, 1.165) is 39.9 Å². The van der Waals surface area contributed by atoms with Gasteiger partial charge in [-0.25, -0.2) is 0 Å². The molecule has 0 amide bonds. The normalized spacial score (nSPS) is 11.3. The molecule has 2 aromatic carbocycles. The standard InChI is InChI=1S/C20H25ClN2O2/c1-5-24-19-7-6-8-20(25-12-11-23(3)4)17(19)14-22-16-9-10-18(21)15(2)13-16/h6-10,13-14H,5,11-12H2,1-4H3/b22-14+. The zero-order valence-corrected chi connectivity index (χ0v) is 16.0. The Hall–Kier alpha value is -2.04. The van der Waals surface area contributed by atoms with E-state index < -0.39 is 0 Å². The van der Waals surface area contributed by atoms with Crippen LogP contribution in [0.15, 0.2) is 41.4 Å². The van der Waals surface area contributed by atoms with Crippen LogP contribution in [-0.4, -0.2) is 45.0 Å². The third-order valence-electron chi connectivity index (χ3n) is 3.61. The molecule has 4 nitrogen and oxygen atoms in total. The molecule has 0 aromatic heterocycles. The van der Waals surface area contributed by atoms with Gasteiger partial charge in [-0.2, -0.15) is 0 Å². The van der Waals surface area contributed by atoms with Crippen LogP contribution >= 0.6 is 11.6 Å². The molecule has 0 saturated carbocycles. The first-order valence-electron chi connectivity index (χ1n) is 8.34. The minimum atomic E-state index is 0.585. The molecule has 25 heavy (non-hydrogen) atoms. The summed E-state index contributed by atoms with van der Waals surface area (Å²) in [7, 11) is 4.04. The van der Waals surface area contributed by atoms with Gasteiger partial charge in [0.05, 0.1) is 17.9 Å². The Morgan fingerprint density at radius 2 is 1.84 bits per heavy atom. The van der Waals surface area contributed by atoms with Gasteiger partial charge in [-0.05, 0) is 63.8 Å². The van der Waals surface area contributed by atoms with Crippen LogP contribution in [-0.2, 0) is 0 Å². The van der Waals surface area contributed by atoms with E-state index in [0.29, 0.717) is 13.2 Å². The van der Waals surface area contributed by atoms with E-state index in [4.69, 9.17) is 21.1 Å². The predicted molar refractivity (Wildman–Crippen MR) is 105 cm³/mol. The highest BCUT2D eigenvalue weighted by Crippen LogP contribution is 2.28. The maximum absolute atomic E-state index is 6.08. The molecule has 0 unspecified atom stereocenters. The lowest BCUT2D eigenvalue weighted by atomic mass is 10.2. The largest absolute Gasteiger partial charge is 0.493 e. The van der Waals surface area contributed by atoms with Crippen molar-refractivity contribution in [3.8, 4) is 11.5 Å². The minimum Gasteiger partial charge on any atom is -0.493 e. The van der Waals surface area contributed by atoms with Crippen LogP contribution in [0.25, 0.3) is 0 Å². The topological polar surface area (TPSA) is 34.1 Å². The first kappa shape index (κ1) is 19.3. The van der Waals surface area contributed by atoms with Crippen molar-refractivity contribution in [3.05, 3.63) is 52.5 Å². The lowest BCUT2D eigenvalue weighted by molar-refractivity contribution is 0.259. The maximum atomic E-state index is 6.08. The number of likely N-dealkylation sites (N-methyl/N-ethyl adjacent to an activating group) is 1. The summed E-state index contributed by atoms with van der Waals surface area (Å²) in [6.45, 7) is 5.95. The lowest BCUT2D eigenvalue weighted by Crippen LogP contribution is -2.19. The predicted octanol–water partition coefficient (Wildman–Crippen LogP) is 4.74. The smallest absolute Gasteiger partial charge is 0.131 e. The minimum absolute atomic E-state index is 0.585. The van der Waals surface area contributed by atoms with Gasteiger partial charge >= 0.3 is 0 Å². The second-order valence-corrected chi connectivity index (χ2v) is 6.35. The SMILES string of the molecule is CCOc1cccc(OCCN(C)C)c1/C=N/c1ccc(Cl)c(C)c1. The Kier molecular flexibility index (Phi) is 7.29. The number of benzene rings is 2. The molecule has 0 atom stereocenters. The van der Waals surface area contributed by atoms with Crippen molar-refractivity contribution < 1.29 is 9.47 Å². The summed E-state index contributed by atoms with van der Waals surface area (Å²) >= 11 is 6.08. The Morgan fingerprint density at radius 1 is 1.12 bits per heavy atom. The summed E-state index contributed by atoms with van der Waals surface area (Å²) in [6, 6.07) is 11.5. The first-order chi connectivity index (χ1) is 12.0. The molecular weight excluding hydrogens is 336 g/mol. The molecule has 0 aliphatic carbocycles. The molecule has 5 heteroatoms. The van der Waals surface area contributed by atoms with E-state index >= 15 is 0 Å². The van der Waals surface area contributed by atoms with E-state index in [9.17, 15) is 0 Å².